The summed E-state index contributed by atoms with van der Waals surface area (Å²) in [4.78, 5) is 11.0. The number of hydrogen-bond donors (Lipinski definition) is 1. The average molecular weight is 268 g/mol. The van der Waals surface area contributed by atoms with E-state index in [4.69, 9.17) is 26.0 Å². The molecule has 0 aliphatic carbocycles. The van der Waals surface area contributed by atoms with Crippen molar-refractivity contribution < 1.29 is 19.2 Å². The molecule has 0 amide bonds. The van der Waals surface area contributed by atoms with Gasteiger partial charge in [0, 0.05) is 5.56 Å². The first-order valence-corrected chi connectivity index (χ1v) is 5.62. The maximum Gasteiger partial charge on any atom is 0.341 e. The minimum Gasteiger partial charge on any atom is -0.492 e. The highest BCUT2D eigenvalue weighted by molar-refractivity contribution is 6.32. The van der Waals surface area contributed by atoms with Crippen molar-refractivity contribution in [3.8, 4) is 17.1 Å². The highest BCUT2D eigenvalue weighted by Crippen LogP contribution is 2.31. The molecule has 0 saturated carbocycles. The first-order chi connectivity index (χ1) is 8.63. The zero-order valence-corrected chi connectivity index (χ0v) is 10.3. The van der Waals surface area contributed by atoms with Gasteiger partial charge in [-0.05, 0) is 25.1 Å². The molecule has 0 bridgehead atoms. The third-order valence-corrected chi connectivity index (χ3v) is 2.59. The molecule has 0 spiro atoms. The number of hydrogen-bond acceptors (Lipinski definition) is 4. The Hall–Kier alpha value is -2.01. The van der Waals surface area contributed by atoms with E-state index in [0.29, 0.717) is 22.9 Å². The van der Waals surface area contributed by atoms with E-state index in [0.717, 1.165) is 6.20 Å². The molecule has 0 unspecified atom stereocenters. The van der Waals surface area contributed by atoms with Gasteiger partial charge >= 0.3 is 5.97 Å². The summed E-state index contributed by atoms with van der Waals surface area (Å²) in [7, 11) is 0. The maximum absolute atomic E-state index is 11.0. The number of benzene rings is 1. The van der Waals surface area contributed by atoms with Gasteiger partial charge in [-0.2, -0.15) is 0 Å². The molecule has 1 aromatic carbocycles. The van der Waals surface area contributed by atoms with Crippen LogP contribution in [0.4, 0.5) is 0 Å². The van der Waals surface area contributed by atoms with Crippen molar-refractivity contribution >= 4 is 17.6 Å². The summed E-state index contributed by atoms with van der Waals surface area (Å²) in [6.07, 6.45) is 1.15. The molecule has 2 aromatic rings. The predicted octanol–water partition coefficient (Wildman–Crippen LogP) is 3.09. The molecule has 0 radical (unpaired) electrons. The Balaban J connectivity index is 2.42. The van der Waals surface area contributed by atoms with Crippen molar-refractivity contribution in [3.63, 3.8) is 0 Å². The Labute approximate surface area is 108 Å². The number of nitrogens with zero attached hydrogens (tertiary/aromatic N) is 1. The topological polar surface area (TPSA) is 72.6 Å². The molecule has 0 saturated heterocycles. The summed E-state index contributed by atoms with van der Waals surface area (Å²) in [5.41, 5.74) is 0.536. The van der Waals surface area contributed by atoms with Crippen LogP contribution in [0.2, 0.25) is 5.02 Å². The minimum atomic E-state index is -1.10. The Bertz CT molecular complexity index is 579. The van der Waals surface area contributed by atoms with Crippen LogP contribution < -0.4 is 4.74 Å². The van der Waals surface area contributed by atoms with Gasteiger partial charge in [-0.3, -0.25) is 0 Å². The standard InChI is InChI=1S/C12H10ClNO4/c1-2-17-10-4-3-7(5-9(10)13)11-8(12(15)16)6-14-18-11/h3-6H,2H2,1H3,(H,15,16). The van der Waals surface area contributed by atoms with Gasteiger partial charge in [0.2, 0.25) is 0 Å². The molecule has 0 aliphatic rings. The number of ether oxygens (including phenoxy) is 1. The van der Waals surface area contributed by atoms with Gasteiger partial charge in [0.15, 0.2) is 5.76 Å². The largest absolute Gasteiger partial charge is 0.492 e. The summed E-state index contributed by atoms with van der Waals surface area (Å²) in [6, 6.07) is 4.92. The Morgan fingerprint density at radius 2 is 2.33 bits per heavy atom. The van der Waals surface area contributed by atoms with Gasteiger partial charge < -0.3 is 14.4 Å². The van der Waals surface area contributed by atoms with Gasteiger partial charge in [-0.25, -0.2) is 4.79 Å². The lowest BCUT2D eigenvalue weighted by Gasteiger charge is -2.06. The quantitative estimate of drug-likeness (QED) is 0.921. The van der Waals surface area contributed by atoms with Crippen molar-refractivity contribution in [1.29, 1.82) is 0 Å². The van der Waals surface area contributed by atoms with Crippen LogP contribution in [0.1, 0.15) is 17.3 Å². The van der Waals surface area contributed by atoms with E-state index in [1.807, 2.05) is 6.92 Å². The molecule has 1 N–H and O–H groups in total. The van der Waals surface area contributed by atoms with Crippen LogP contribution in [-0.2, 0) is 0 Å². The van der Waals surface area contributed by atoms with Crippen molar-refractivity contribution in [2.45, 2.75) is 6.92 Å². The van der Waals surface area contributed by atoms with Crippen LogP contribution in [-0.4, -0.2) is 22.8 Å². The lowest BCUT2D eigenvalue weighted by Crippen LogP contribution is -1.96. The maximum atomic E-state index is 11.0. The van der Waals surface area contributed by atoms with Crippen LogP contribution in [0.3, 0.4) is 0 Å². The number of rotatable bonds is 4. The third kappa shape index (κ3) is 2.31. The SMILES string of the molecule is CCOc1ccc(-c2oncc2C(=O)O)cc1Cl. The van der Waals surface area contributed by atoms with Crippen LogP contribution in [0.5, 0.6) is 5.75 Å². The average Bonchev–Trinajstić information content (AvgIpc) is 2.81. The van der Waals surface area contributed by atoms with Crippen molar-refractivity contribution in [2.75, 3.05) is 6.61 Å². The lowest BCUT2D eigenvalue weighted by molar-refractivity contribution is 0.0697. The molecule has 0 aliphatic heterocycles. The normalized spacial score (nSPS) is 10.3. The van der Waals surface area contributed by atoms with Gasteiger partial charge in [-0.1, -0.05) is 16.8 Å². The second kappa shape index (κ2) is 5.10. The smallest absolute Gasteiger partial charge is 0.341 e. The molecule has 0 fully saturated rings. The van der Waals surface area contributed by atoms with E-state index >= 15 is 0 Å². The molecular weight excluding hydrogens is 258 g/mol. The monoisotopic (exact) mass is 267 g/mol. The summed E-state index contributed by atoms with van der Waals surface area (Å²) in [6.45, 7) is 2.35. The van der Waals surface area contributed by atoms with E-state index in [1.54, 1.807) is 18.2 Å². The predicted molar refractivity (Wildman–Crippen MR) is 65.1 cm³/mol. The van der Waals surface area contributed by atoms with Crippen molar-refractivity contribution in [2.24, 2.45) is 0 Å². The van der Waals surface area contributed by atoms with Gasteiger partial charge in [-0.15, -0.1) is 0 Å². The fourth-order valence-corrected chi connectivity index (χ4v) is 1.75. The van der Waals surface area contributed by atoms with Crippen LogP contribution >= 0.6 is 11.6 Å². The van der Waals surface area contributed by atoms with Gasteiger partial charge in [0.25, 0.3) is 0 Å². The van der Waals surface area contributed by atoms with Crippen LogP contribution in [0, 0.1) is 0 Å². The van der Waals surface area contributed by atoms with Crippen molar-refractivity contribution in [1.82, 2.24) is 5.16 Å². The van der Waals surface area contributed by atoms with E-state index < -0.39 is 5.97 Å². The number of aromatic carboxylic acids is 1. The van der Waals surface area contributed by atoms with Crippen molar-refractivity contribution in [3.05, 3.63) is 35.0 Å². The highest BCUT2D eigenvalue weighted by atomic mass is 35.5. The number of carboxylic acids is 1. The van der Waals surface area contributed by atoms with E-state index in [1.165, 1.54) is 0 Å². The summed E-state index contributed by atoms with van der Waals surface area (Å²) >= 11 is 6.02. The molecule has 1 heterocycles. The number of carboxylic acid groups (broad SMARTS) is 1. The number of aromatic nitrogens is 1. The number of halogens is 1. The van der Waals surface area contributed by atoms with Crippen LogP contribution in [0.25, 0.3) is 11.3 Å². The zero-order valence-electron chi connectivity index (χ0n) is 9.51. The van der Waals surface area contributed by atoms with E-state index in [9.17, 15) is 4.79 Å². The molecule has 94 valence electrons. The molecule has 2 rings (SSSR count). The summed E-state index contributed by atoms with van der Waals surface area (Å²) < 4.78 is 10.2. The summed E-state index contributed by atoms with van der Waals surface area (Å²) in [5, 5.41) is 12.8. The fraction of sp³-hybridized carbons (Fsp3) is 0.167. The first-order valence-electron chi connectivity index (χ1n) is 5.24. The summed E-state index contributed by atoms with van der Waals surface area (Å²) in [5.74, 6) is -0.386. The molecule has 1 aromatic heterocycles. The van der Waals surface area contributed by atoms with Crippen LogP contribution in [0.15, 0.2) is 28.9 Å². The van der Waals surface area contributed by atoms with Gasteiger partial charge in [0.05, 0.1) is 17.8 Å². The molecule has 6 heteroatoms. The molecule has 0 atom stereocenters. The highest BCUT2D eigenvalue weighted by Gasteiger charge is 2.17. The lowest BCUT2D eigenvalue weighted by atomic mass is 10.1. The van der Waals surface area contributed by atoms with E-state index in [-0.39, 0.29) is 11.3 Å². The Morgan fingerprint density at radius 3 is 2.94 bits per heavy atom. The zero-order chi connectivity index (χ0) is 13.1. The Kier molecular flexibility index (Phi) is 3.53. The minimum absolute atomic E-state index is 0.00442. The molecular formula is C12H10ClNO4. The Morgan fingerprint density at radius 1 is 1.56 bits per heavy atom. The second-order valence-electron chi connectivity index (χ2n) is 3.45. The molecule has 5 nitrogen and oxygen atoms in total. The van der Waals surface area contributed by atoms with Gasteiger partial charge in [0.1, 0.15) is 11.3 Å². The van der Waals surface area contributed by atoms with E-state index in [2.05, 4.69) is 5.16 Å². The third-order valence-electron chi connectivity index (χ3n) is 2.29. The fourth-order valence-electron chi connectivity index (χ4n) is 1.51. The second-order valence-corrected chi connectivity index (χ2v) is 3.86. The number of carbonyl (C=O) groups is 1. The molecule has 18 heavy (non-hydrogen) atoms. The first kappa shape index (κ1) is 12.4.